The summed E-state index contributed by atoms with van der Waals surface area (Å²) in [5.74, 6) is 0.895. The van der Waals surface area contributed by atoms with E-state index >= 15 is 0 Å². The molecule has 0 saturated heterocycles. The number of rotatable bonds is 4. The van der Waals surface area contributed by atoms with Gasteiger partial charge in [0.25, 0.3) is 0 Å². The van der Waals surface area contributed by atoms with Gasteiger partial charge in [0.05, 0.1) is 4.47 Å². The zero-order chi connectivity index (χ0) is 13.9. The van der Waals surface area contributed by atoms with Crippen LogP contribution >= 0.6 is 15.9 Å². The predicted molar refractivity (Wildman–Crippen MR) is 82.3 cm³/mol. The SMILES string of the molecule is O=Cc1cc(Br)c(OCc2ccccc2)c2c1CCC2. The summed E-state index contributed by atoms with van der Waals surface area (Å²) >= 11 is 3.53. The van der Waals surface area contributed by atoms with Crippen molar-refractivity contribution in [1.29, 1.82) is 0 Å². The molecule has 0 atom stereocenters. The van der Waals surface area contributed by atoms with Crippen LogP contribution in [0.2, 0.25) is 0 Å². The lowest BCUT2D eigenvalue weighted by Gasteiger charge is -2.14. The summed E-state index contributed by atoms with van der Waals surface area (Å²) in [6, 6.07) is 12.0. The molecule has 102 valence electrons. The second-order valence-electron chi connectivity index (χ2n) is 4.98. The molecular formula is C17H15BrO2. The average molecular weight is 331 g/mol. The predicted octanol–water partition coefficient (Wildman–Crippen LogP) is 4.33. The number of halogens is 1. The zero-order valence-corrected chi connectivity index (χ0v) is 12.7. The standard InChI is InChI=1S/C17H15BrO2/c18-16-9-13(10-19)14-7-4-8-15(14)17(16)20-11-12-5-2-1-3-6-12/h1-3,5-6,9-10H,4,7-8,11H2. The third-order valence-electron chi connectivity index (χ3n) is 3.69. The van der Waals surface area contributed by atoms with Crippen LogP contribution in [0.3, 0.4) is 0 Å². The van der Waals surface area contributed by atoms with Crippen LogP contribution in [-0.2, 0) is 19.4 Å². The van der Waals surface area contributed by atoms with Crippen molar-refractivity contribution in [2.45, 2.75) is 25.9 Å². The number of ether oxygens (including phenoxy) is 1. The van der Waals surface area contributed by atoms with E-state index in [1.54, 1.807) is 0 Å². The van der Waals surface area contributed by atoms with Crippen molar-refractivity contribution < 1.29 is 9.53 Å². The number of aldehydes is 1. The first kappa shape index (κ1) is 13.4. The van der Waals surface area contributed by atoms with Gasteiger partial charge in [0, 0.05) is 5.56 Å². The van der Waals surface area contributed by atoms with Gasteiger partial charge in [-0.3, -0.25) is 4.79 Å². The van der Waals surface area contributed by atoms with E-state index in [0.29, 0.717) is 6.61 Å². The van der Waals surface area contributed by atoms with E-state index in [1.165, 1.54) is 5.56 Å². The van der Waals surface area contributed by atoms with Crippen LogP contribution in [0.1, 0.15) is 33.5 Å². The largest absolute Gasteiger partial charge is 0.487 e. The minimum absolute atomic E-state index is 0.548. The maximum atomic E-state index is 11.1. The number of benzene rings is 2. The highest BCUT2D eigenvalue weighted by molar-refractivity contribution is 9.10. The highest BCUT2D eigenvalue weighted by Gasteiger charge is 2.22. The summed E-state index contributed by atoms with van der Waals surface area (Å²) in [6.45, 7) is 0.548. The van der Waals surface area contributed by atoms with E-state index in [9.17, 15) is 4.79 Å². The Kier molecular flexibility index (Phi) is 3.88. The number of fused-ring (bicyclic) bond motifs is 1. The minimum Gasteiger partial charge on any atom is -0.487 e. The minimum atomic E-state index is 0.548. The van der Waals surface area contributed by atoms with E-state index in [2.05, 4.69) is 15.9 Å². The van der Waals surface area contributed by atoms with Gasteiger partial charge in [-0.2, -0.15) is 0 Å². The lowest BCUT2D eigenvalue weighted by molar-refractivity contribution is 0.112. The van der Waals surface area contributed by atoms with E-state index in [4.69, 9.17) is 4.74 Å². The maximum Gasteiger partial charge on any atom is 0.150 e. The summed E-state index contributed by atoms with van der Waals surface area (Å²) in [5, 5.41) is 0. The van der Waals surface area contributed by atoms with Crippen molar-refractivity contribution in [1.82, 2.24) is 0 Å². The molecule has 2 nitrogen and oxygen atoms in total. The Bertz CT molecular complexity index is 635. The van der Waals surface area contributed by atoms with Crippen molar-refractivity contribution in [3.05, 3.63) is 63.1 Å². The molecule has 1 aliphatic carbocycles. The lowest BCUT2D eigenvalue weighted by Crippen LogP contribution is -2.01. The molecule has 0 heterocycles. The summed E-state index contributed by atoms with van der Waals surface area (Å²) in [7, 11) is 0. The molecule has 2 aromatic rings. The van der Waals surface area contributed by atoms with Gasteiger partial charge in [-0.15, -0.1) is 0 Å². The van der Waals surface area contributed by atoms with E-state index in [0.717, 1.165) is 52.5 Å². The Morgan fingerprint density at radius 3 is 2.65 bits per heavy atom. The van der Waals surface area contributed by atoms with Gasteiger partial charge >= 0.3 is 0 Å². The van der Waals surface area contributed by atoms with E-state index < -0.39 is 0 Å². The molecule has 0 N–H and O–H groups in total. The summed E-state index contributed by atoms with van der Waals surface area (Å²) < 4.78 is 6.87. The lowest BCUT2D eigenvalue weighted by atomic mass is 10.0. The van der Waals surface area contributed by atoms with Crippen LogP contribution in [0.25, 0.3) is 0 Å². The summed E-state index contributed by atoms with van der Waals surface area (Å²) in [5.41, 5.74) is 4.28. The second kappa shape index (κ2) is 5.80. The van der Waals surface area contributed by atoms with Crippen molar-refractivity contribution >= 4 is 22.2 Å². The zero-order valence-electron chi connectivity index (χ0n) is 11.1. The molecule has 3 heteroatoms. The Morgan fingerprint density at radius 2 is 1.90 bits per heavy atom. The summed E-state index contributed by atoms with van der Waals surface area (Å²) in [6.07, 6.45) is 3.99. The molecular weight excluding hydrogens is 316 g/mol. The first-order valence-corrected chi connectivity index (χ1v) is 7.55. The first-order valence-electron chi connectivity index (χ1n) is 6.75. The Hall–Kier alpha value is -1.61. The molecule has 0 unspecified atom stereocenters. The average Bonchev–Trinajstić information content (AvgIpc) is 2.96. The normalized spacial score (nSPS) is 13.1. The van der Waals surface area contributed by atoms with Gasteiger partial charge in [0.15, 0.2) is 0 Å². The van der Waals surface area contributed by atoms with Crippen LogP contribution in [0.5, 0.6) is 5.75 Å². The van der Waals surface area contributed by atoms with Gasteiger partial charge < -0.3 is 4.74 Å². The molecule has 0 fully saturated rings. The van der Waals surface area contributed by atoms with Crippen LogP contribution in [0.4, 0.5) is 0 Å². The highest BCUT2D eigenvalue weighted by atomic mass is 79.9. The van der Waals surface area contributed by atoms with Gasteiger partial charge in [-0.1, -0.05) is 30.3 Å². The Balaban J connectivity index is 1.90. The Labute approximate surface area is 126 Å². The van der Waals surface area contributed by atoms with E-state index in [-0.39, 0.29) is 0 Å². The number of hydrogen-bond donors (Lipinski definition) is 0. The quantitative estimate of drug-likeness (QED) is 0.780. The highest BCUT2D eigenvalue weighted by Crippen LogP contribution is 2.39. The molecule has 0 amide bonds. The van der Waals surface area contributed by atoms with Gasteiger partial charge in [-0.25, -0.2) is 0 Å². The smallest absolute Gasteiger partial charge is 0.150 e. The molecule has 20 heavy (non-hydrogen) atoms. The molecule has 0 bridgehead atoms. The van der Waals surface area contributed by atoms with Crippen LogP contribution < -0.4 is 4.74 Å². The van der Waals surface area contributed by atoms with Crippen LogP contribution in [0, 0.1) is 0 Å². The molecule has 0 radical (unpaired) electrons. The summed E-state index contributed by atoms with van der Waals surface area (Å²) in [4.78, 5) is 11.1. The fourth-order valence-electron chi connectivity index (χ4n) is 2.74. The molecule has 0 saturated carbocycles. The number of carbonyl (C=O) groups excluding carboxylic acids is 1. The molecule has 1 aliphatic rings. The van der Waals surface area contributed by atoms with E-state index in [1.807, 2.05) is 36.4 Å². The molecule has 0 aliphatic heterocycles. The fourth-order valence-corrected chi connectivity index (χ4v) is 3.34. The maximum absolute atomic E-state index is 11.1. The second-order valence-corrected chi connectivity index (χ2v) is 5.83. The Morgan fingerprint density at radius 1 is 1.15 bits per heavy atom. The fraction of sp³-hybridized carbons (Fsp3) is 0.235. The number of carbonyl (C=O) groups is 1. The van der Waals surface area contributed by atoms with Crippen molar-refractivity contribution in [2.24, 2.45) is 0 Å². The van der Waals surface area contributed by atoms with Gasteiger partial charge in [-0.05, 0) is 57.9 Å². The van der Waals surface area contributed by atoms with Crippen molar-refractivity contribution in [2.75, 3.05) is 0 Å². The third kappa shape index (κ3) is 2.50. The van der Waals surface area contributed by atoms with Gasteiger partial charge in [0.1, 0.15) is 18.6 Å². The topological polar surface area (TPSA) is 26.3 Å². The monoisotopic (exact) mass is 330 g/mol. The molecule has 0 spiro atoms. The van der Waals surface area contributed by atoms with Gasteiger partial charge in [0.2, 0.25) is 0 Å². The molecule has 3 rings (SSSR count). The third-order valence-corrected chi connectivity index (χ3v) is 4.28. The van der Waals surface area contributed by atoms with Crippen LogP contribution in [-0.4, -0.2) is 6.29 Å². The number of hydrogen-bond acceptors (Lipinski definition) is 2. The first-order chi connectivity index (χ1) is 9.79. The van der Waals surface area contributed by atoms with Crippen LogP contribution in [0.15, 0.2) is 40.9 Å². The molecule has 2 aromatic carbocycles. The van der Waals surface area contributed by atoms with Crippen molar-refractivity contribution in [3.8, 4) is 5.75 Å². The molecule has 0 aromatic heterocycles. The van der Waals surface area contributed by atoms with Crippen molar-refractivity contribution in [3.63, 3.8) is 0 Å².